The monoisotopic (exact) mass is 339 g/mol. The Labute approximate surface area is 143 Å². The lowest BCUT2D eigenvalue weighted by Gasteiger charge is -2.20. The molecular weight excluding hydrogens is 322 g/mol. The van der Waals surface area contributed by atoms with Crippen molar-refractivity contribution in [3.8, 4) is 5.69 Å². The summed E-state index contributed by atoms with van der Waals surface area (Å²) in [5, 5.41) is 7.81. The molecule has 1 amide bonds. The van der Waals surface area contributed by atoms with Crippen LogP contribution in [-0.4, -0.2) is 39.2 Å². The van der Waals surface area contributed by atoms with Crippen LogP contribution >= 0.6 is 11.3 Å². The third kappa shape index (κ3) is 2.95. The van der Waals surface area contributed by atoms with E-state index >= 15 is 0 Å². The van der Waals surface area contributed by atoms with Gasteiger partial charge in [-0.15, -0.1) is 11.3 Å². The van der Waals surface area contributed by atoms with Gasteiger partial charge in [-0.2, -0.15) is 5.10 Å². The molecule has 0 saturated heterocycles. The predicted molar refractivity (Wildman–Crippen MR) is 93.7 cm³/mol. The van der Waals surface area contributed by atoms with Crippen LogP contribution in [0.1, 0.15) is 20.9 Å². The van der Waals surface area contributed by atoms with Gasteiger partial charge in [0, 0.05) is 30.6 Å². The molecular formula is C17H17N5OS. The van der Waals surface area contributed by atoms with E-state index in [1.165, 1.54) is 4.88 Å². The molecule has 3 heterocycles. The van der Waals surface area contributed by atoms with Crippen LogP contribution in [0.2, 0.25) is 0 Å². The summed E-state index contributed by atoms with van der Waals surface area (Å²) in [4.78, 5) is 20.5. The van der Waals surface area contributed by atoms with Crippen molar-refractivity contribution in [1.29, 1.82) is 0 Å². The number of fused-ring (bicyclic) bond motifs is 1. The first-order valence-electron chi connectivity index (χ1n) is 7.77. The number of anilines is 1. The first-order chi connectivity index (χ1) is 11.7. The van der Waals surface area contributed by atoms with Crippen molar-refractivity contribution in [3.05, 3.63) is 58.9 Å². The maximum absolute atomic E-state index is 12.4. The van der Waals surface area contributed by atoms with E-state index in [1.54, 1.807) is 28.4 Å². The Bertz CT molecular complexity index is 870. The van der Waals surface area contributed by atoms with Gasteiger partial charge >= 0.3 is 0 Å². The van der Waals surface area contributed by atoms with Gasteiger partial charge in [0.15, 0.2) is 5.13 Å². The van der Waals surface area contributed by atoms with Crippen LogP contribution in [0.3, 0.4) is 0 Å². The average Bonchev–Trinajstić information content (AvgIpc) is 3.22. The Morgan fingerprint density at radius 2 is 2.12 bits per heavy atom. The molecule has 1 N–H and O–H groups in total. The van der Waals surface area contributed by atoms with Gasteiger partial charge in [0.2, 0.25) is 0 Å². The zero-order chi connectivity index (χ0) is 16.5. The summed E-state index contributed by atoms with van der Waals surface area (Å²) in [5.74, 6) is -0.184. The standard InChI is InChI=1S/C17H17N5OS/c1-21-8-7-14-15(11-21)24-17(19-14)20-16(23)12-9-18-22(10-12)13-5-3-2-4-6-13/h2-6,9-10H,7-8,11H2,1H3,(H,19,20,23). The highest BCUT2D eigenvalue weighted by atomic mass is 32.1. The van der Waals surface area contributed by atoms with Crippen molar-refractivity contribution < 1.29 is 4.79 Å². The fourth-order valence-electron chi connectivity index (χ4n) is 2.71. The number of nitrogens with one attached hydrogen (secondary N) is 1. The molecule has 0 atom stereocenters. The van der Waals surface area contributed by atoms with Crippen LogP contribution in [0.4, 0.5) is 5.13 Å². The Morgan fingerprint density at radius 3 is 2.96 bits per heavy atom. The third-order valence-corrected chi connectivity index (χ3v) is 5.01. The van der Waals surface area contributed by atoms with Gasteiger partial charge in [0.25, 0.3) is 5.91 Å². The van der Waals surface area contributed by atoms with Crippen LogP contribution in [-0.2, 0) is 13.0 Å². The molecule has 4 rings (SSSR count). The highest BCUT2D eigenvalue weighted by molar-refractivity contribution is 7.15. The second-order valence-corrected chi connectivity index (χ2v) is 6.92. The van der Waals surface area contributed by atoms with E-state index in [2.05, 4.69) is 27.3 Å². The first kappa shape index (κ1) is 15.0. The highest BCUT2D eigenvalue weighted by Crippen LogP contribution is 2.28. The van der Waals surface area contributed by atoms with Crippen molar-refractivity contribution >= 4 is 22.4 Å². The number of likely N-dealkylation sites (N-methyl/N-ethyl adjacent to an activating group) is 1. The van der Waals surface area contributed by atoms with E-state index in [0.717, 1.165) is 30.9 Å². The van der Waals surface area contributed by atoms with Crippen LogP contribution in [0.15, 0.2) is 42.7 Å². The van der Waals surface area contributed by atoms with Crippen molar-refractivity contribution in [1.82, 2.24) is 19.7 Å². The van der Waals surface area contributed by atoms with Gasteiger partial charge in [-0.25, -0.2) is 9.67 Å². The lowest BCUT2D eigenvalue weighted by Crippen LogP contribution is -2.25. The van der Waals surface area contributed by atoms with Crippen LogP contribution < -0.4 is 5.32 Å². The van der Waals surface area contributed by atoms with Crippen molar-refractivity contribution in [2.24, 2.45) is 0 Å². The van der Waals surface area contributed by atoms with Gasteiger partial charge in [-0.1, -0.05) is 18.2 Å². The Balaban J connectivity index is 1.50. The molecule has 122 valence electrons. The summed E-state index contributed by atoms with van der Waals surface area (Å²) < 4.78 is 1.69. The summed E-state index contributed by atoms with van der Waals surface area (Å²) in [6, 6.07) is 9.71. The number of rotatable bonds is 3. The quantitative estimate of drug-likeness (QED) is 0.797. The number of aromatic nitrogens is 3. The van der Waals surface area contributed by atoms with Crippen molar-refractivity contribution in [2.75, 3.05) is 18.9 Å². The van der Waals surface area contributed by atoms with Crippen LogP contribution in [0, 0.1) is 0 Å². The Morgan fingerprint density at radius 1 is 1.29 bits per heavy atom. The van der Waals surface area contributed by atoms with E-state index in [-0.39, 0.29) is 5.91 Å². The fourth-order valence-corrected chi connectivity index (χ4v) is 3.79. The minimum atomic E-state index is -0.184. The molecule has 2 aromatic heterocycles. The lowest BCUT2D eigenvalue weighted by molar-refractivity contribution is 0.102. The molecule has 1 aromatic carbocycles. The van der Waals surface area contributed by atoms with E-state index in [9.17, 15) is 4.79 Å². The average molecular weight is 339 g/mol. The maximum atomic E-state index is 12.4. The molecule has 3 aromatic rings. The third-order valence-electron chi connectivity index (χ3n) is 4.01. The van der Waals surface area contributed by atoms with E-state index < -0.39 is 0 Å². The summed E-state index contributed by atoms with van der Waals surface area (Å²) >= 11 is 1.55. The number of carbonyl (C=O) groups is 1. The number of carbonyl (C=O) groups excluding carboxylic acids is 1. The van der Waals surface area contributed by atoms with Gasteiger partial charge in [0.05, 0.1) is 23.1 Å². The normalized spacial score (nSPS) is 14.4. The van der Waals surface area contributed by atoms with Gasteiger partial charge in [0.1, 0.15) is 0 Å². The SMILES string of the molecule is CN1CCc2nc(NC(=O)c3cnn(-c4ccccc4)c3)sc2C1. The number of nitrogens with zero attached hydrogens (tertiary/aromatic N) is 4. The first-order valence-corrected chi connectivity index (χ1v) is 8.59. The molecule has 1 aliphatic heterocycles. The number of thiazole rings is 1. The minimum Gasteiger partial charge on any atom is -0.301 e. The predicted octanol–water partition coefficient (Wildman–Crippen LogP) is 2.57. The highest BCUT2D eigenvalue weighted by Gasteiger charge is 2.19. The number of hydrogen-bond acceptors (Lipinski definition) is 5. The van der Waals surface area contributed by atoms with Crippen LogP contribution in [0.25, 0.3) is 5.69 Å². The summed E-state index contributed by atoms with van der Waals surface area (Å²) in [7, 11) is 2.10. The zero-order valence-corrected chi connectivity index (χ0v) is 14.1. The van der Waals surface area contributed by atoms with Crippen molar-refractivity contribution in [3.63, 3.8) is 0 Å². The summed E-state index contributed by atoms with van der Waals surface area (Å²) in [6.45, 7) is 1.91. The number of amides is 1. The van der Waals surface area contributed by atoms with E-state index in [4.69, 9.17) is 0 Å². The molecule has 0 saturated carbocycles. The molecule has 24 heavy (non-hydrogen) atoms. The smallest absolute Gasteiger partial charge is 0.260 e. The Kier molecular flexibility index (Phi) is 3.87. The molecule has 0 bridgehead atoms. The van der Waals surface area contributed by atoms with Gasteiger partial charge in [-0.05, 0) is 19.2 Å². The molecule has 0 unspecified atom stereocenters. The fraction of sp³-hybridized carbons (Fsp3) is 0.235. The minimum absolute atomic E-state index is 0.184. The number of benzene rings is 1. The molecule has 1 aliphatic rings. The van der Waals surface area contributed by atoms with E-state index in [0.29, 0.717) is 10.7 Å². The molecule has 0 radical (unpaired) electrons. The lowest BCUT2D eigenvalue weighted by atomic mass is 10.2. The summed E-state index contributed by atoms with van der Waals surface area (Å²) in [5.41, 5.74) is 2.54. The number of para-hydroxylation sites is 1. The molecule has 7 heteroatoms. The summed E-state index contributed by atoms with van der Waals surface area (Å²) in [6.07, 6.45) is 4.24. The van der Waals surface area contributed by atoms with Gasteiger partial charge < -0.3 is 4.90 Å². The second-order valence-electron chi connectivity index (χ2n) is 5.84. The van der Waals surface area contributed by atoms with Gasteiger partial charge in [-0.3, -0.25) is 10.1 Å². The largest absolute Gasteiger partial charge is 0.301 e. The molecule has 6 nitrogen and oxygen atoms in total. The van der Waals surface area contributed by atoms with E-state index in [1.807, 2.05) is 30.3 Å². The van der Waals surface area contributed by atoms with Crippen molar-refractivity contribution in [2.45, 2.75) is 13.0 Å². The molecule has 0 spiro atoms. The topological polar surface area (TPSA) is 63.1 Å². The second kappa shape index (κ2) is 6.18. The number of hydrogen-bond donors (Lipinski definition) is 1. The zero-order valence-electron chi connectivity index (χ0n) is 13.3. The Hall–Kier alpha value is -2.51. The maximum Gasteiger partial charge on any atom is 0.260 e. The molecule has 0 aliphatic carbocycles. The van der Waals surface area contributed by atoms with Crippen LogP contribution in [0.5, 0.6) is 0 Å². The molecule has 0 fully saturated rings.